The van der Waals surface area contributed by atoms with E-state index >= 15 is 0 Å². The van der Waals surface area contributed by atoms with Crippen molar-refractivity contribution in [2.24, 2.45) is 0 Å². The predicted octanol–water partition coefficient (Wildman–Crippen LogP) is 5.23. The third-order valence-corrected chi connectivity index (χ3v) is 6.69. The van der Waals surface area contributed by atoms with Gasteiger partial charge in [-0.25, -0.2) is 8.42 Å². The first-order chi connectivity index (χ1) is 15.5. The molecule has 174 valence electrons. The Labute approximate surface area is 196 Å². The number of amides is 1. The molecule has 0 fully saturated rings. The quantitative estimate of drug-likeness (QED) is 0.493. The largest absolute Gasteiger partial charge is 0.491 e. The van der Waals surface area contributed by atoms with E-state index in [1.807, 2.05) is 40.7 Å². The molecule has 7 heteroatoms. The Morgan fingerprint density at radius 3 is 2.00 bits per heavy atom. The number of nitrogens with zero attached hydrogens (tertiary/aromatic N) is 1. The van der Waals surface area contributed by atoms with E-state index in [0.29, 0.717) is 17.1 Å². The van der Waals surface area contributed by atoms with Gasteiger partial charge in [-0.3, -0.25) is 9.10 Å². The monoisotopic (exact) mass is 466 g/mol. The van der Waals surface area contributed by atoms with Gasteiger partial charge in [-0.2, -0.15) is 0 Å². The zero-order chi connectivity index (χ0) is 24.2. The van der Waals surface area contributed by atoms with Gasteiger partial charge in [0.05, 0.1) is 16.7 Å². The van der Waals surface area contributed by atoms with Gasteiger partial charge >= 0.3 is 0 Å². The highest BCUT2D eigenvalue weighted by Crippen LogP contribution is 2.26. The fourth-order valence-electron chi connectivity index (χ4n) is 3.47. The van der Waals surface area contributed by atoms with Crippen LogP contribution in [0, 0.1) is 20.8 Å². The number of aryl methyl sites for hydroxylation is 3. The van der Waals surface area contributed by atoms with Crippen LogP contribution in [0.4, 0.5) is 11.4 Å². The van der Waals surface area contributed by atoms with Gasteiger partial charge in [-0.05, 0) is 94.3 Å². The summed E-state index contributed by atoms with van der Waals surface area (Å²) in [6.45, 7) is 9.20. The summed E-state index contributed by atoms with van der Waals surface area (Å²) in [6.07, 6.45) is 0.0452. The molecule has 0 heterocycles. The number of hydrogen-bond acceptors (Lipinski definition) is 4. The molecule has 6 nitrogen and oxygen atoms in total. The smallest absolute Gasteiger partial charge is 0.264 e. The lowest BCUT2D eigenvalue weighted by atomic mass is 10.1. The molecule has 3 aromatic rings. The van der Waals surface area contributed by atoms with Crippen LogP contribution in [0.15, 0.2) is 71.6 Å². The van der Waals surface area contributed by atoms with Crippen molar-refractivity contribution in [2.75, 3.05) is 16.2 Å². The van der Waals surface area contributed by atoms with E-state index in [1.54, 1.807) is 60.7 Å². The second-order valence-electron chi connectivity index (χ2n) is 8.41. The van der Waals surface area contributed by atoms with Crippen molar-refractivity contribution in [1.82, 2.24) is 0 Å². The van der Waals surface area contributed by atoms with Gasteiger partial charge in [-0.1, -0.05) is 23.8 Å². The molecule has 0 aliphatic rings. The molecule has 3 rings (SSSR count). The van der Waals surface area contributed by atoms with Crippen LogP contribution in [0.2, 0.25) is 0 Å². The van der Waals surface area contributed by atoms with E-state index in [9.17, 15) is 13.2 Å². The predicted molar refractivity (Wildman–Crippen MR) is 132 cm³/mol. The average Bonchev–Trinajstić information content (AvgIpc) is 2.72. The van der Waals surface area contributed by atoms with Gasteiger partial charge in [0.1, 0.15) is 12.3 Å². The van der Waals surface area contributed by atoms with Crippen LogP contribution in [0.5, 0.6) is 5.75 Å². The summed E-state index contributed by atoms with van der Waals surface area (Å²) in [6, 6.07) is 19.1. The average molecular weight is 467 g/mol. The molecule has 0 aliphatic heterocycles. The van der Waals surface area contributed by atoms with Crippen LogP contribution >= 0.6 is 0 Å². The van der Waals surface area contributed by atoms with Gasteiger partial charge in [0.25, 0.3) is 10.0 Å². The minimum atomic E-state index is -3.96. The first kappa shape index (κ1) is 24.3. The molecular weight excluding hydrogens is 436 g/mol. The second-order valence-corrected chi connectivity index (χ2v) is 10.3. The van der Waals surface area contributed by atoms with Crippen molar-refractivity contribution in [3.8, 4) is 5.75 Å². The molecule has 0 aromatic heterocycles. The summed E-state index contributed by atoms with van der Waals surface area (Å²) in [7, 11) is -3.96. The van der Waals surface area contributed by atoms with E-state index in [2.05, 4.69) is 5.32 Å². The Bertz CT molecular complexity index is 1200. The molecule has 33 heavy (non-hydrogen) atoms. The summed E-state index contributed by atoms with van der Waals surface area (Å²) < 4.78 is 33.8. The number of sulfonamides is 1. The second kappa shape index (κ2) is 10.1. The number of anilines is 2. The van der Waals surface area contributed by atoms with Crippen LogP contribution in [0.3, 0.4) is 0 Å². The van der Waals surface area contributed by atoms with Crippen molar-refractivity contribution in [1.29, 1.82) is 0 Å². The molecule has 0 unspecified atom stereocenters. The van der Waals surface area contributed by atoms with Gasteiger partial charge < -0.3 is 10.1 Å². The number of carbonyl (C=O) groups is 1. The zero-order valence-electron chi connectivity index (χ0n) is 19.6. The van der Waals surface area contributed by atoms with Gasteiger partial charge in [0.2, 0.25) is 5.91 Å². The minimum absolute atomic E-state index is 0.0452. The van der Waals surface area contributed by atoms with Crippen molar-refractivity contribution in [2.45, 2.75) is 45.6 Å². The lowest BCUT2D eigenvalue weighted by Gasteiger charge is -2.25. The SMILES string of the molecule is Cc1ccc(S(=O)(=O)N(CC(=O)Nc2ccc(OC(C)C)cc2)c2cc(C)cc(C)c2)cc1. The highest BCUT2D eigenvalue weighted by Gasteiger charge is 2.27. The van der Waals surface area contributed by atoms with E-state index < -0.39 is 15.9 Å². The van der Waals surface area contributed by atoms with Crippen LogP contribution in [-0.2, 0) is 14.8 Å². The standard InChI is InChI=1S/C26H30N2O4S/c1-18(2)32-24-10-8-22(9-11-24)27-26(29)17-28(23-15-20(4)14-21(5)16-23)33(30,31)25-12-6-19(3)7-13-25/h6-16,18H,17H2,1-5H3,(H,27,29). The number of hydrogen-bond donors (Lipinski definition) is 1. The maximum atomic E-state index is 13.5. The molecule has 0 radical (unpaired) electrons. The van der Waals surface area contributed by atoms with Gasteiger partial charge in [0.15, 0.2) is 0 Å². The normalized spacial score (nSPS) is 11.3. The number of benzene rings is 3. The van der Waals surface area contributed by atoms with Crippen LogP contribution in [0.1, 0.15) is 30.5 Å². The first-order valence-electron chi connectivity index (χ1n) is 10.8. The maximum absolute atomic E-state index is 13.5. The van der Waals surface area contributed by atoms with Crippen LogP contribution in [0.25, 0.3) is 0 Å². The Morgan fingerprint density at radius 2 is 1.45 bits per heavy atom. The molecule has 3 aromatic carbocycles. The molecule has 0 saturated carbocycles. The zero-order valence-corrected chi connectivity index (χ0v) is 20.4. The van der Waals surface area contributed by atoms with E-state index in [1.165, 1.54) is 0 Å². The van der Waals surface area contributed by atoms with Gasteiger partial charge in [-0.15, -0.1) is 0 Å². The summed E-state index contributed by atoms with van der Waals surface area (Å²) in [5.41, 5.74) is 3.79. The first-order valence-corrected chi connectivity index (χ1v) is 12.2. The highest BCUT2D eigenvalue weighted by molar-refractivity contribution is 7.92. The van der Waals surface area contributed by atoms with Crippen molar-refractivity contribution < 1.29 is 17.9 Å². The molecule has 0 bridgehead atoms. The van der Waals surface area contributed by atoms with E-state index in [0.717, 1.165) is 21.0 Å². The molecule has 0 saturated heterocycles. The lowest BCUT2D eigenvalue weighted by Crippen LogP contribution is -2.38. The van der Waals surface area contributed by atoms with Gasteiger partial charge in [0, 0.05) is 5.69 Å². The molecule has 1 amide bonds. The summed E-state index contributed by atoms with van der Waals surface area (Å²) in [4.78, 5) is 13.0. The van der Waals surface area contributed by atoms with E-state index in [-0.39, 0.29) is 17.5 Å². The van der Waals surface area contributed by atoms with Crippen molar-refractivity contribution in [3.05, 3.63) is 83.4 Å². The summed E-state index contributed by atoms with van der Waals surface area (Å²) in [5.74, 6) is 0.254. The Balaban J connectivity index is 1.89. The number of nitrogens with one attached hydrogen (secondary N) is 1. The number of carbonyl (C=O) groups excluding carboxylic acids is 1. The molecule has 1 N–H and O–H groups in total. The summed E-state index contributed by atoms with van der Waals surface area (Å²) >= 11 is 0. The number of ether oxygens (including phenoxy) is 1. The van der Waals surface area contributed by atoms with Crippen molar-refractivity contribution in [3.63, 3.8) is 0 Å². The molecule has 0 atom stereocenters. The minimum Gasteiger partial charge on any atom is -0.491 e. The van der Waals surface area contributed by atoms with Crippen molar-refractivity contribution >= 4 is 27.3 Å². The fraction of sp³-hybridized carbons (Fsp3) is 0.269. The fourth-order valence-corrected chi connectivity index (χ4v) is 4.87. The Hall–Kier alpha value is -3.32. The summed E-state index contributed by atoms with van der Waals surface area (Å²) in [5, 5.41) is 2.78. The topological polar surface area (TPSA) is 75.7 Å². The molecule has 0 spiro atoms. The molecular formula is C26H30N2O4S. The van der Waals surface area contributed by atoms with E-state index in [4.69, 9.17) is 4.74 Å². The highest BCUT2D eigenvalue weighted by atomic mass is 32.2. The Kier molecular flexibility index (Phi) is 7.43. The Morgan fingerprint density at radius 1 is 0.879 bits per heavy atom. The lowest BCUT2D eigenvalue weighted by molar-refractivity contribution is -0.114. The molecule has 0 aliphatic carbocycles. The third-order valence-electron chi connectivity index (χ3n) is 4.90. The third kappa shape index (κ3) is 6.35. The van der Waals surface area contributed by atoms with Crippen LogP contribution in [-0.4, -0.2) is 27.0 Å². The number of rotatable bonds is 8. The van der Waals surface area contributed by atoms with Crippen LogP contribution < -0.4 is 14.4 Å². The maximum Gasteiger partial charge on any atom is 0.264 e.